The molecule has 1 aromatic carbocycles. The van der Waals surface area contributed by atoms with Crippen molar-refractivity contribution in [2.24, 2.45) is 0 Å². The van der Waals surface area contributed by atoms with Crippen molar-refractivity contribution in [3.8, 4) is 11.1 Å². The van der Waals surface area contributed by atoms with Crippen molar-refractivity contribution in [2.75, 3.05) is 45.1 Å². The third-order valence-electron chi connectivity index (χ3n) is 6.72. The number of carbonyl (C=O) groups is 1. The van der Waals surface area contributed by atoms with Gasteiger partial charge in [0.25, 0.3) is 0 Å². The van der Waals surface area contributed by atoms with Crippen LogP contribution in [-0.4, -0.2) is 71.2 Å². The van der Waals surface area contributed by atoms with Crippen LogP contribution in [0.2, 0.25) is 0 Å². The van der Waals surface area contributed by atoms with E-state index in [-0.39, 0.29) is 11.6 Å². The van der Waals surface area contributed by atoms with Gasteiger partial charge in [0, 0.05) is 62.4 Å². The maximum absolute atomic E-state index is 12.8. The minimum absolute atomic E-state index is 0.165. The van der Waals surface area contributed by atoms with Crippen LogP contribution < -0.4 is 5.32 Å². The molecule has 0 spiro atoms. The molecule has 0 saturated carbocycles. The van der Waals surface area contributed by atoms with Crippen LogP contribution in [0.25, 0.3) is 16.6 Å². The maximum Gasteiger partial charge on any atom is 0.401 e. The lowest BCUT2D eigenvalue weighted by Crippen LogP contribution is -2.49. The molecule has 1 aliphatic heterocycles. The summed E-state index contributed by atoms with van der Waals surface area (Å²) in [6, 6.07) is 11.4. The lowest BCUT2D eigenvalue weighted by atomic mass is 9.99. The van der Waals surface area contributed by atoms with E-state index in [1.165, 1.54) is 4.90 Å². The van der Waals surface area contributed by atoms with Crippen molar-refractivity contribution in [1.82, 2.24) is 14.2 Å². The predicted octanol–water partition coefficient (Wildman–Crippen LogP) is 4.90. The lowest BCUT2D eigenvalue weighted by Gasteiger charge is -2.39. The summed E-state index contributed by atoms with van der Waals surface area (Å²) in [6.45, 7) is 4.49. The predicted molar refractivity (Wildman–Crippen MR) is 127 cm³/mol. The summed E-state index contributed by atoms with van der Waals surface area (Å²) in [6.07, 6.45) is -2.26. The normalized spacial score (nSPS) is 16.6. The Bertz CT molecular complexity index is 1180. The van der Waals surface area contributed by atoms with Crippen LogP contribution in [0.15, 0.2) is 42.6 Å². The van der Waals surface area contributed by atoms with Crippen molar-refractivity contribution in [2.45, 2.75) is 26.1 Å². The summed E-state index contributed by atoms with van der Waals surface area (Å²) >= 11 is 0. The molecule has 0 radical (unpaired) electrons. The highest BCUT2D eigenvalue weighted by Crippen LogP contribution is 2.34. The van der Waals surface area contributed by atoms with Crippen LogP contribution >= 0.6 is 0 Å². The fourth-order valence-corrected chi connectivity index (χ4v) is 4.90. The minimum atomic E-state index is -4.21. The second-order valence-electron chi connectivity index (χ2n) is 8.79. The number of rotatable bonds is 6. The summed E-state index contributed by atoms with van der Waals surface area (Å²) < 4.78 is 40.3. The number of nitrogens with one attached hydrogen (secondary N) is 1. The Morgan fingerprint density at radius 1 is 1.12 bits per heavy atom. The summed E-state index contributed by atoms with van der Waals surface area (Å²) in [5, 5.41) is 13.0. The first-order valence-corrected chi connectivity index (χ1v) is 11.3. The van der Waals surface area contributed by atoms with Gasteiger partial charge in [0.05, 0.1) is 17.6 Å². The van der Waals surface area contributed by atoms with Gasteiger partial charge in [-0.1, -0.05) is 12.1 Å². The third kappa shape index (κ3) is 4.76. The molecule has 0 amide bonds. The van der Waals surface area contributed by atoms with E-state index in [2.05, 4.69) is 10.2 Å². The molecule has 1 unspecified atom stereocenters. The summed E-state index contributed by atoms with van der Waals surface area (Å²) in [5.74, 6) is -0.999. The zero-order valence-electron chi connectivity index (χ0n) is 19.5. The highest BCUT2D eigenvalue weighted by molar-refractivity contribution is 5.94. The number of carboxylic acids is 1. The van der Waals surface area contributed by atoms with Crippen molar-refractivity contribution >= 4 is 17.2 Å². The first-order chi connectivity index (χ1) is 16.1. The number of hydrogen-bond acceptors (Lipinski definition) is 4. The van der Waals surface area contributed by atoms with E-state index < -0.39 is 18.7 Å². The maximum atomic E-state index is 12.8. The van der Waals surface area contributed by atoms with Gasteiger partial charge in [-0.2, -0.15) is 13.2 Å². The number of pyridine rings is 1. The van der Waals surface area contributed by atoms with Gasteiger partial charge < -0.3 is 14.8 Å². The Balaban J connectivity index is 1.71. The Morgan fingerprint density at radius 3 is 2.32 bits per heavy atom. The molecular weight excluding hydrogens is 445 g/mol. The highest BCUT2D eigenvalue weighted by atomic mass is 19.4. The second kappa shape index (κ2) is 9.31. The Morgan fingerprint density at radius 2 is 1.76 bits per heavy atom. The average molecular weight is 475 g/mol. The van der Waals surface area contributed by atoms with Gasteiger partial charge in [0.1, 0.15) is 0 Å². The molecule has 3 aromatic rings. The van der Waals surface area contributed by atoms with E-state index in [4.69, 9.17) is 0 Å². The fourth-order valence-electron chi connectivity index (χ4n) is 4.90. The molecule has 182 valence electrons. The van der Waals surface area contributed by atoms with Crippen LogP contribution in [0.4, 0.5) is 18.9 Å². The smallest absolute Gasteiger partial charge is 0.401 e. The van der Waals surface area contributed by atoms with E-state index in [9.17, 15) is 23.1 Å². The van der Waals surface area contributed by atoms with Crippen LogP contribution in [0.1, 0.15) is 34.6 Å². The van der Waals surface area contributed by atoms with Gasteiger partial charge >= 0.3 is 12.1 Å². The van der Waals surface area contributed by atoms with E-state index in [1.54, 1.807) is 13.0 Å². The molecular formula is C25H29F3N4O2. The summed E-state index contributed by atoms with van der Waals surface area (Å²) in [4.78, 5) is 15.6. The SMILES string of the molecule is CNc1ccc(-c2ccn3c(C(C)N4CCN(CC(F)(F)F)CC4)c(C)c(C(=O)O)cc23)cc1. The number of nitrogens with zero attached hydrogens (tertiary/aromatic N) is 3. The van der Waals surface area contributed by atoms with Crippen LogP contribution in [0, 0.1) is 6.92 Å². The van der Waals surface area contributed by atoms with Gasteiger partial charge in [0.15, 0.2) is 0 Å². The second-order valence-corrected chi connectivity index (χ2v) is 8.79. The summed E-state index contributed by atoms with van der Waals surface area (Å²) in [7, 11) is 1.85. The van der Waals surface area contributed by atoms with E-state index in [1.807, 2.05) is 54.9 Å². The van der Waals surface area contributed by atoms with Gasteiger partial charge in [-0.25, -0.2) is 4.79 Å². The van der Waals surface area contributed by atoms with E-state index >= 15 is 0 Å². The van der Waals surface area contributed by atoms with Crippen molar-refractivity contribution in [3.63, 3.8) is 0 Å². The molecule has 1 aliphatic rings. The van der Waals surface area contributed by atoms with Crippen LogP contribution in [0.5, 0.6) is 0 Å². The lowest BCUT2D eigenvalue weighted by molar-refractivity contribution is -0.149. The number of aromatic nitrogens is 1. The van der Waals surface area contributed by atoms with Gasteiger partial charge in [-0.15, -0.1) is 0 Å². The molecule has 4 rings (SSSR count). The number of halogens is 3. The first-order valence-electron chi connectivity index (χ1n) is 11.3. The zero-order valence-corrected chi connectivity index (χ0v) is 19.5. The molecule has 3 heterocycles. The molecule has 2 N–H and O–H groups in total. The number of alkyl halides is 3. The Kier molecular flexibility index (Phi) is 6.60. The molecule has 1 saturated heterocycles. The standard InChI is InChI=1S/C25H29F3N4O2/c1-16-21(24(33)34)14-22-20(18-4-6-19(29-3)7-5-18)8-9-32(22)23(16)17(2)31-12-10-30(11-13-31)15-25(26,27)28/h4-9,14,17,29H,10-13,15H2,1-3H3,(H,33,34). The molecule has 6 nitrogen and oxygen atoms in total. The molecule has 1 atom stereocenters. The average Bonchev–Trinajstić information content (AvgIpc) is 3.21. The molecule has 9 heteroatoms. The first kappa shape index (κ1) is 24.1. The number of aromatic carboxylic acids is 1. The topological polar surface area (TPSA) is 60.2 Å². The molecule has 2 aromatic heterocycles. The fraction of sp³-hybridized carbons (Fsp3) is 0.400. The molecule has 1 fully saturated rings. The van der Waals surface area contributed by atoms with E-state index in [0.29, 0.717) is 31.7 Å². The number of benzene rings is 1. The minimum Gasteiger partial charge on any atom is -0.478 e. The van der Waals surface area contributed by atoms with E-state index in [0.717, 1.165) is 28.0 Å². The number of carboxylic acid groups (broad SMARTS) is 1. The zero-order chi connectivity index (χ0) is 24.6. The number of anilines is 1. The van der Waals surface area contributed by atoms with Crippen molar-refractivity contribution in [3.05, 3.63) is 59.4 Å². The van der Waals surface area contributed by atoms with Crippen LogP contribution in [-0.2, 0) is 0 Å². The number of piperazine rings is 1. The summed E-state index contributed by atoms with van der Waals surface area (Å²) in [5.41, 5.74) is 5.41. The Hall–Kier alpha value is -3.04. The quantitative estimate of drug-likeness (QED) is 0.533. The highest BCUT2D eigenvalue weighted by Gasteiger charge is 2.33. The largest absolute Gasteiger partial charge is 0.478 e. The van der Waals surface area contributed by atoms with Gasteiger partial charge in [-0.05, 0) is 49.2 Å². The van der Waals surface area contributed by atoms with Crippen molar-refractivity contribution in [1.29, 1.82) is 0 Å². The molecule has 34 heavy (non-hydrogen) atoms. The number of fused-ring (bicyclic) bond motifs is 1. The monoisotopic (exact) mass is 474 g/mol. The van der Waals surface area contributed by atoms with Gasteiger partial charge in [-0.3, -0.25) is 9.80 Å². The molecule has 0 bridgehead atoms. The van der Waals surface area contributed by atoms with Crippen molar-refractivity contribution < 1.29 is 23.1 Å². The Labute approximate surface area is 196 Å². The molecule has 0 aliphatic carbocycles. The number of hydrogen-bond donors (Lipinski definition) is 2. The van der Waals surface area contributed by atoms with Crippen LogP contribution in [0.3, 0.4) is 0 Å². The van der Waals surface area contributed by atoms with Gasteiger partial charge in [0.2, 0.25) is 0 Å². The third-order valence-corrected chi connectivity index (χ3v) is 6.72.